The lowest BCUT2D eigenvalue weighted by Gasteiger charge is -2.28. The predicted octanol–water partition coefficient (Wildman–Crippen LogP) is 4.91. The van der Waals surface area contributed by atoms with Crippen LogP contribution in [0.25, 0.3) is 22.2 Å². The predicted molar refractivity (Wildman–Crippen MR) is 130 cm³/mol. The number of pyridine rings is 1. The Morgan fingerprint density at radius 1 is 1.09 bits per heavy atom. The molecule has 2 aromatic heterocycles. The van der Waals surface area contributed by atoms with E-state index in [2.05, 4.69) is 21.7 Å². The lowest BCUT2D eigenvalue weighted by Crippen LogP contribution is -2.37. The Morgan fingerprint density at radius 2 is 1.88 bits per heavy atom. The molecule has 4 rings (SSSR count). The molecule has 0 saturated heterocycles. The van der Waals surface area contributed by atoms with E-state index in [1.54, 1.807) is 24.4 Å². The van der Waals surface area contributed by atoms with Gasteiger partial charge >= 0.3 is 6.03 Å². The van der Waals surface area contributed by atoms with Crippen molar-refractivity contribution in [1.82, 2.24) is 9.55 Å². The van der Waals surface area contributed by atoms with Crippen LogP contribution in [0.5, 0.6) is 5.75 Å². The molecule has 1 unspecified atom stereocenters. The molecule has 0 aliphatic rings. The van der Waals surface area contributed by atoms with Gasteiger partial charge in [-0.1, -0.05) is 12.1 Å². The van der Waals surface area contributed by atoms with Gasteiger partial charge in [0.25, 0.3) is 0 Å². The average molecular weight is 445 g/mol. The summed E-state index contributed by atoms with van der Waals surface area (Å²) in [4.78, 5) is 18.1. The van der Waals surface area contributed by atoms with Gasteiger partial charge in [0.05, 0.1) is 12.6 Å². The summed E-state index contributed by atoms with van der Waals surface area (Å²) in [7, 11) is 3.68. The second kappa shape index (κ2) is 9.75. The molecular weight excluding hydrogens is 416 g/mol. The molecular formula is C26H28N4O3. The van der Waals surface area contributed by atoms with Crippen molar-refractivity contribution in [1.29, 1.82) is 0 Å². The summed E-state index contributed by atoms with van der Waals surface area (Å²) in [6, 6.07) is 19.1. The molecule has 0 saturated carbocycles. The second-order valence-electron chi connectivity index (χ2n) is 7.87. The Kier molecular flexibility index (Phi) is 6.60. The fourth-order valence-corrected chi connectivity index (χ4v) is 4.08. The number of ether oxygens (including phenoxy) is 2. The number of urea groups is 1. The molecule has 2 heterocycles. The fraction of sp³-hybridized carbons (Fsp3) is 0.231. The van der Waals surface area contributed by atoms with Gasteiger partial charge in [0.1, 0.15) is 12.4 Å². The maximum Gasteiger partial charge on any atom is 0.319 e. The monoisotopic (exact) mass is 444 g/mol. The smallest absolute Gasteiger partial charge is 0.319 e. The van der Waals surface area contributed by atoms with E-state index in [0.29, 0.717) is 13.2 Å². The quantitative estimate of drug-likeness (QED) is 0.391. The number of amides is 2. The SMILES string of the molecule is COCCOc1cccc(-c2cc3cc(N(C(N)=O)C(C)c4ccncc4)ccc3n2C)c1. The number of aromatic nitrogens is 2. The van der Waals surface area contributed by atoms with Gasteiger partial charge in [0.2, 0.25) is 0 Å². The first-order chi connectivity index (χ1) is 16.0. The van der Waals surface area contributed by atoms with Crippen molar-refractivity contribution in [2.45, 2.75) is 13.0 Å². The molecule has 2 amide bonds. The summed E-state index contributed by atoms with van der Waals surface area (Å²) in [5.41, 5.74) is 10.6. The van der Waals surface area contributed by atoms with Crippen LogP contribution >= 0.6 is 0 Å². The Labute approximate surface area is 193 Å². The lowest BCUT2D eigenvalue weighted by molar-refractivity contribution is 0.146. The molecule has 2 N–H and O–H groups in total. The van der Waals surface area contributed by atoms with Crippen LogP contribution in [0, 0.1) is 0 Å². The number of anilines is 1. The van der Waals surface area contributed by atoms with Gasteiger partial charge in [-0.3, -0.25) is 9.88 Å². The van der Waals surface area contributed by atoms with Crippen LogP contribution in [0.2, 0.25) is 0 Å². The molecule has 0 aliphatic heterocycles. The highest BCUT2D eigenvalue weighted by Gasteiger charge is 2.22. The van der Waals surface area contributed by atoms with Crippen molar-refractivity contribution in [3.63, 3.8) is 0 Å². The third kappa shape index (κ3) is 4.68. The van der Waals surface area contributed by atoms with E-state index in [-0.39, 0.29) is 6.04 Å². The Morgan fingerprint density at radius 3 is 2.61 bits per heavy atom. The van der Waals surface area contributed by atoms with Crippen molar-refractivity contribution < 1.29 is 14.3 Å². The molecule has 0 fully saturated rings. The van der Waals surface area contributed by atoms with E-state index in [4.69, 9.17) is 15.2 Å². The van der Waals surface area contributed by atoms with Crippen molar-refractivity contribution in [2.75, 3.05) is 25.2 Å². The van der Waals surface area contributed by atoms with E-state index in [9.17, 15) is 4.79 Å². The van der Waals surface area contributed by atoms with E-state index < -0.39 is 6.03 Å². The van der Waals surface area contributed by atoms with Crippen molar-refractivity contribution in [2.24, 2.45) is 12.8 Å². The number of nitrogens with zero attached hydrogens (tertiary/aromatic N) is 3. The Balaban J connectivity index is 1.69. The standard InChI is InChI=1S/C26H28N4O3/c1-18(19-9-11-28-12-10-19)30(26(27)31)22-7-8-24-21(15-22)17-25(29(24)2)20-5-4-6-23(16-20)33-14-13-32-3/h4-12,15-18H,13-14H2,1-3H3,(H2,27,31). The van der Waals surface area contributed by atoms with Crippen LogP contribution in [0.3, 0.4) is 0 Å². The molecule has 0 radical (unpaired) electrons. The fourth-order valence-electron chi connectivity index (χ4n) is 4.08. The minimum absolute atomic E-state index is 0.230. The summed E-state index contributed by atoms with van der Waals surface area (Å²) >= 11 is 0. The van der Waals surface area contributed by atoms with Gasteiger partial charge < -0.3 is 19.8 Å². The largest absolute Gasteiger partial charge is 0.491 e. The number of benzene rings is 2. The summed E-state index contributed by atoms with van der Waals surface area (Å²) < 4.78 is 13.0. The first kappa shape index (κ1) is 22.4. The zero-order valence-corrected chi connectivity index (χ0v) is 19.1. The van der Waals surface area contributed by atoms with Gasteiger partial charge in [-0.15, -0.1) is 0 Å². The van der Waals surface area contributed by atoms with Gasteiger partial charge in [-0.25, -0.2) is 4.79 Å². The molecule has 4 aromatic rings. The maximum absolute atomic E-state index is 12.4. The van der Waals surface area contributed by atoms with Crippen LogP contribution in [0.4, 0.5) is 10.5 Å². The van der Waals surface area contributed by atoms with E-state index in [1.807, 2.05) is 62.5 Å². The van der Waals surface area contributed by atoms with Gasteiger partial charge in [0, 0.05) is 54.4 Å². The van der Waals surface area contributed by atoms with E-state index in [1.165, 1.54) is 0 Å². The number of methoxy groups -OCH3 is 1. The topological polar surface area (TPSA) is 82.6 Å². The summed E-state index contributed by atoms with van der Waals surface area (Å²) in [5, 5.41) is 1.02. The first-order valence-corrected chi connectivity index (χ1v) is 10.8. The molecule has 0 aliphatic carbocycles. The Bertz CT molecular complexity index is 1250. The van der Waals surface area contributed by atoms with Gasteiger partial charge in [0.15, 0.2) is 0 Å². The number of primary amides is 1. The molecule has 33 heavy (non-hydrogen) atoms. The molecule has 2 aromatic carbocycles. The van der Waals surface area contributed by atoms with E-state index in [0.717, 1.165) is 39.2 Å². The van der Waals surface area contributed by atoms with Crippen LogP contribution in [0.1, 0.15) is 18.5 Å². The number of fused-ring (bicyclic) bond motifs is 1. The third-order valence-corrected chi connectivity index (χ3v) is 5.80. The number of carbonyl (C=O) groups excluding carboxylic acids is 1. The number of carbonyl (C=O) groups is 1. The first-order valence-electron chi connectivity index (χ1n) is 10.8. The molecule has 7 nitrogen and oxygen atoms in total. The minimum atomic E-state index is -0.504. The zero-order chi connectivity index (χ0) is 23.4. The number of hydrogen-bond donors (Lipinski definition) is 1. The van der Waals surface area contributed by atoms with Crippen molar-refractivity contribution in [3.05, 3.63) is 78.6 Å². The number of aryl methyl sites for hydroxylation is 1. The Hall–Kier alpha value is -3.84. The van der Waals surface area contributed by atoms with Crippen molar-refractivity contribution in [3.8, 4) is 17.0 Å². The zero-order valence-electron chi connectivity index (χ0n) is 19.1. The number of nitrogens with two attached hydrogens (primary N) is 1. The number of rotatable bonds is 8. The van der Waals surface area contributed by atoms with Crippen LogP contribution in [-0.4, -0.2) is 35.9 Å². The van der Waals surface area contributed by atoms with Crippen molar-refractivity contribution >= 4 is 22.6 Å². The van der Waals surface area contributed by atoms with Crippen LogP contribution < -0.4 is 15.4 Å². The lowest BCUT2D eigenvalue weighted by atomic mass is 10.1. The highest BCUT2D eigenvalue weighted by atomic mass is 16.5. The number of hydrogen-bond acceptors (Lipinski definition) is 4. The maximum atomic E-state index is 12.4. The molecule has 0 bridgehead atoms. The van der Waals surface area contributed by atoms with Crippen LogP contribution in [-0.2, 0) is 11.8 Å². The highest BCUT2D eigenvalue weighted by molar-refractivity contribution is 5.96. The molecule has 0 spiro atoms. The summed E-state index contributed by atoms with van der Waals surface area (Å²) in [5.74, 6) is 0.793. The molecule has 1 atom stereocenters. The molecule has 7 heteroatoms. The second-order valence-corrected chi connectivity index (χ2v) is 7.87. The summed E-state index contributed by atoms with van der Waals surface area (Å²) in [6.07, 6.45) is 3.43. The van der Waals surface area contributed by atoms with Gasteiger partial charge in [-0.2, -0.15) is 0 Å². The summed E-state index contributed by atoms with van der Waals surface area (Å²) in [6.45, 7) is 2.99. The minimum Gasteiger partial charge on any atom is -0.491 e. The highest BCUT2D eigenvalue weighted by Crippen LogP contribution is 2.34. The van der Waals surface area contributed by atoms with Gasteiger partial charge in [-0.05, 0) is 61.0 Å². The normalized spacial score (nSPS) is 12.0. The average Bonchev–Trinajstić information content (AvgIpc) is 3.16. The molecule has 170 valence electrons. The van der Waals surface area contributed by atoms with E-state index >= 15 is 0 Å². The van der Waals surface area contributed by atoms with Crippen LogP contribution in [0.15, 0.2) is 73.1 Å². The third-order valence-electron chi connectivity index (χ3n) is 5.80.